The zero-order valence-electron chi connectivity index (χ0n) is 38.5. The zero-order chi connectivity index (χ0) is 55.3. The molecule has 2 aromatic heterocycles. The number of ether oxygens (including phenoxy) is 1. The fourth-order valence-electron chi connectivity index (χ4n) is 7.38. The number of nitrogen functional groups attached to an aromatic ring is 1. The number of fused-ring (bicyclic) bond motifs is 3. The molecule has 12 atom stereocenters. The fourth-order valence-corrected chi connectivity index (χ4v) is 9.05. The lowest BCUT2D eigenvalue weighted by Gasteiger charge is -2.26. The van der Waals surface area contributed by atoms with Crippen LogP contribution in [-0.4, -0.2) is 182 Å². The Hall–Kier alpha value is -6.91. The number of pyridine rings is 1. The number of hydrogen-bond donors (Lipinski definition) is 14. The largest absolute Gasteiger partial charge is 0.527 e. The summed E-state index contributed by atoms with van der Waals surface area (Å²) in [6.45, 7) is -1.99. The molecule has 36 heteroatoms. The predicted octanol–water partition coefficient (Wildman–Crippen LogP) is -3.88. The number of aromatic amines is 1. The molecule has 5 heterocycles. The third-order valence-corrected chi connectivity index (χ3v) is 13.1. The second-order valence-electron chi connectivity index (χ2n) is 16.5. The minimum atomic E-state index is -5.37. The summed E-state index contributed by atoms with van der Waals surface area (Å²) in [7, 11) is -10.5. The number of phosphoric acid groups is 2. The van der Waals surface area contributed by atoms with Gasteiger partial charge in [0.25, 0.3) is 5.56 Å². The van der Waals surface area contributed by atoms with Crippen LogP contribution in [0.1, 0.15) is 38.8 Å². The van der Waals surface area contributed by atoms with E-state index in [1.165, 1.54) is 23.0 Å². The Morgan fingerprint density at radius 2 is 1.57 bits per heavy atom. The van der Waals surface area contributed by atoms with Gasteiger partial charge < -0.3 is 75.9 Å². The molecule has 2 amide bonds. The molecule has 2 unspecified atom stereocenters. The minimum absolute atomic E-state index is 0.0181. The second kappa shape index (κ2) is 23.7. The molecule has 1 saturated heterocycles. The van der Waals surface area contributed by atoms with Crippen LogP contribution < -0.4 is 32.1 Å². The zero-order valence-corrected chi connectivity index (χ0v) is 40.3. The molecule has 408 valence electrons. The van der Waals surface area contributed by atoms with Gasteiger partial charge in [-0.1, -0.05) is 0 Å². The Morgan fingerprint density at radius 1 is 0.893 bits per heavy atom. The van der Waals surface area contributed by atoms with Crippen molar-refractivity contribution in [2.24, 2.45) is 0 Å². The van der Waals surface area contributed by atoms with E-state index in [0.717, 1.165) is 30.0 Å². The maximum absolute atomic E-state index is 13.2. The lowest BCUT2D eigenvalue weighted by atomic mass is 10.1. The van der Waals surface area contributed by atoms with Crippen LogP contribution in [0.4, 0.5) is 5.82 Å². The quantitative estimate of drug-likeness (QED) is 0.0186. The summed E-state index contributed by atoms with van der Waals surface area (Å²) in [5.74, 6) is -7.63. The number of benzene rings is 1. The Morgan fingerprint density at radius 3 is 2.25 bits per heavy atom. The van der Waals surface area contributed by atoms with E-state index in [1.54, 1.807) is 0 Å². The first-order valence-corrected chi connectivity index (χ1v) is 24.8. The summed E-state index contributed by atoms with van der Waals surface area (Å²) >= 11 is 0. The van der Waals surface area contributed by atoms with Crippen molar-refractivity contribution < 1.29 is 107 Å². The van der Waals surface area contributed by atoms with Gasteiger partial charge in [-0.25, -0.2) is 38.5 Å². The number of aliphatic carboxylic acids is 3. The number of nitrogens with one attached hydrogen (secondary N) is 3. The van der Waals surface area contributed by atoms with Crippen LogP contribution in [0.2, 0.25) is 0 Å². The molecule has 34 nitrogen and oxygen atoms in total. The summed E-state index contributed by atoms with van der Waals surface area (Å²) in [6.07, 6.45) is -14.5. The SMILES string of the molecule is C[C@@H](OP(=O)(O)OC[C@H](O)[C@H](O)[C@H](O)Cn1c2nc(=O)[nH]c(=O)c-2cc2cc(OP(=O)(O)OC[C@H]3O[C@H](n4cnc5c(N)ncnc54)[C@@H](O)[C@H]3O)ccc21)C(=O)N[C@H](CCC(=O)N[C@@H](CCC(=O)O)C(=O)O)C(=O)O. The maximum atomic E-state index is 13.2. The first-order valence-electron chi connectivity index (χ1n) is 21.8. The Labute approximate surface area is 417 Å². The number of aliphatic hydroxyl groups excluding tert-OH is 5. The number of anilines is 1. The summed E-state index contributed by atoms with van der Waals surface area (Å²) in [6, 6.07) is 1.18. The molecule has 3 aliphatic rings. The Balaban J connectivity index is 1.06. The molecule has 1 aromatic carbocycles. The average Bonchev–Trinajstić information content (AvgIpc) is 3.89. The van der Waals surface area contributed by atoms with Crippen LogP contribution in [0.3, 0.4) is 0 Å². The van der Waals surface area contributed by atoms with Crippen molar-refractivity contribution >= 4 is 73.3 Å². The molecule has 6 rings (SSSR count). The van der Waals surface area contributed by atoms with Gasteiger partial charge in [-0.2, -0.15) is 4.98 Å². The molecular formula is C39H48N10O24P2. The van der Waals surface area contributed by atoms with E-state index in [0.29, 0.717) is 0 Å². The molecule has 0 spiro atoms. The number of phosphoric ester groups is 2. The van der Waals surface area contributed by atoms with Gasteiger partial charge in [0.2, 0.25) is 11.8 Å². The molecule has 1 fully saturated rings. The number of amides is 2. The van der Waals surface area contributed by atoms with Crippen molar-refractivity contribution in [2.75, 3.05) is 18.9 Å². The molecule has 75 heavy (non-hydrogen) atoms. The van der Waals surface area contributed by atoms with Gasteiger partial charge in [0.1, 0.15) is 72.4 Å². The highest BCUT2D eigenvalue weighted by molar-refractivity contribution is 7.48. The molecule has 3 aromatic rings. The van der Waals surface area contributed by atoms with Crippen molar-refractivity contribution in [2.45, 2.75) is 100 Å². The van der Waals surface area contributed by atoms with Crippen molar-refractivity contribution in [3.63, 3.8) is 0 Å². The standard InChI is InChI=1S/C39H48N10O24P2/c1-15(34(58)45-20(38(62)63)3-6-25(52)44-19(37(60)61)4-7-26(53)54)72-74(65,66)69-11-23(51)28(55)22(50)10-48-21-5-2-17(8-16(21)9-18-32(48)46-39(64)47-35(18)59)73-75(67,68)70-12-24-29(56)30(57)36(71-24)49-14-43-27-31(40)41-13-42-33(27)49/h2,5,8-9,13-15,19-20,22-24,28-30,36,50-51,55-57H,3-4,6-7,10-12H2,1H3,(H,44,52)(H,45,58)(H,53,54)(H,60,61)(H,62,63)(H,65,66)(H,67,68)(H2,40,41,42)(H,47,59,64)/t15-,19+,20-,22-,23+,24-,28-,29+,30+,36+/m1/s1. The van der Waals surface area contributed by atoms with Crippen LogP contribution >= 0.6 is 15.6 Å². The topological polar surface area (TPSA) is 529 Å². The Bertz CT molecular complexity index is 3140. The minimum Gasteiger partial charge on any atom is -0.481 e. The number of carbonyl (C=O) groups is 5. The highest BCUT2D eigenvalue weighted by atomic mass is 31.2. The molecule has 0 saturated carbocycles. The Kier molecular flexibility index (Phi) is 18.2. The van der Waals surface area contributed by atoms with Crippen molar-refractivity contribution in [1.29, 1.82) is 0 Å². The van der Waals surface area contributed by atoms with E-state index in [9.17, 15) is 88.2 Å². The van der Waals surface area contributed by atoms with Gasteiger partial charge in [-0.05, 0) is 44.0 Å². The summed E-state index contributed by atoms with van der Waals surface area (Å²) in [5.41, 5.74) is 3.73. The summed E-state index contributed by atoms with van der Waals surface area (Å²) in [4.78, 5) is 123. The third-order valence-electron chi connectivity index (χ3n) is 11.2. The number of nitrogens with zero attached hydrogens (tertiary/aromatic N) is 6. The van der Waals surface area contributed by atoms with Crippen LogP contribution in [-0.2, 0) is 58.0 Å². The van der Waals surface area contributed by atoms with E-state index in [4.69, 9.17) is 33.7 Å². The first-order chi connectivity index (χ1) is 35.1. The number of rotatable bonds is 26. The first kappa shape index (κ1) is 57.4. The number of nitrogens with two attached hydrogens (primary N) is 1. The van der Waals surface area contributed by atoms with Crippen LogP contribution in [0.5, 0.6) is 5.75 Å². The summed E-state index contributed by atoms with van der Waals surface area (Å²) in [5, 5.41) is 85.6. The van der Waals surface area contributed by atoms with E-state index in [1.807, 2.05) is 15.6 Å². The lowest BCUT2D eigenvalue weighted by Crippen LogP contribution is -2.46. The monoisotopic (exact) mass is 1100 g/mol. The average molecular weight is 1100 g/mol. The normalized spacial score (nSPS) is 20.8. The van der Waals surface area contributed by atoms with Gasteiger partial charge in [0, 0.05) is 18.2 Å². The highest BCUT2D eigenvalue weighted by Crippen LogP contribution is 2.46. The van der Waals surface area contributed by atoms with Gasteiger partial charge >= 0.3 is 39.2 Å². The van der Waals surface area contributed by atoms with E-state index >= 15 is 0 Å². The lowest BCUT2D eigenvalue weighted by molar-refractivity contribution is -0.144. The molecule has 15 N–H and O–H groups in total. The molecular weight excluding hydrogens is 1050 g/mol. The molecule has 3 aliphatic heterocycles. The van der Waals surface area contributed by atoms with Crippen molar-refractivity contribution in [3.8, 4) is 17.1 Å². The van der Waals surface area contributed by atoms with Crippen LogP contribution in [0.15, 0.2) is 46.5 Å². The predicted molar refractivity (Wildman–Crippen MR) is 245 cm³/mol. The maximum Gasteiger partial charge on any atom is 0.527 e. The van der Waals surface area contributed by atoms with Gasteiger partial charge in [0.05, 0.1) is 37.2 Å². The summed E-state index contributed by atoms with van der Waals surface area (Å²) < 4.78 is 53.7. The van der Waals surface area contributed by atoms with Crippen LogP contribution in [0.25, 0.3) is 33.5 Å². The van der Waals surface area contributed by atoms with Crippen molar-refractivity contribution in [3.05, 3.63) is 57.8 Å². The molecule has 0 aliphatic carbocycles. The number of aromatic nitrogens is 7. The number of hydrogen-bond acceptors (Lipinski definition) is 24. The van der Waals surface area contributed by atoms with Crippen molar-refractivity contribution in [1.82, 2.24) is 44.7 Å². The number of H-pyrrole nitrogens is 1. The van der Waals surface area contributed by atoms with E-state index in [2.05, 4.69) is 19.9 Å². The van der Waals surface area contributed by atoms with Crippen LogP contribution in [0, 0.1) is 0 Å². The fraction of sp³-hybridized carbons (Fsp3) is 0.462. The molecule has 0 radical (unpaired) electrons. The van der Waals surface area contributed by atoms with Gasteiger partial charge in [0.15, 0.2) is 23.5 Å². The number of carboxylic acids is 3. The van der Waals surface area contributed by atoms with E-state index in [-0.39, 0.29) is 45.0 Å². The number of carbonyl (C=O) groups excluding carboxylic acids is 2. The number of aliphatic hydroxyl groups is 5. The number of imidazole rings is 1. The smallest absolute Gasteiger partial charge is 0.481 e. The van der Waals surface area contributed by atoms with Gasteiger partial charge in [-0.3, -0.25) is 47.2 Å². The highest BCUT2D eigenvalue weighted by Gasteiger charge is 2.46. The number of carboxylic acid groups (broad SMARTS) is 3. The van der Waals surface area contributed by atoms with Gasteiger partial charge in [-0.15, -0.1) is 0 Å². The second-order valence-corrected chi connectivity index (χ2v) is 19.3. The third kappa shape index (κ3) is 14.3. The van der Waals surface area contributed by atoms with E-state index < -0.39 is 163 Å². The molecule has 0 bridgehead atoms.